The second-order valence-corrected chi connectivity index (χ2v) is 6.43. The molecule has 0 saturated carbocycles. The molecule has 1 aromatic carbocycles. The molecule has 0 bridgehead atoms. The Morgan fingerprint density at radius 1 is 1.28 bits per heavy atom. The zero-order chi connectivity index (χ0) is 18.0. The largest absolute Gasteiger partial charge is 0.340 e. The molecule has 0 spiro atoms. The SMILES string of the molecule is CC(C)Cc1noc(C(C)NC(=O)c2cc(=O)[nH]c3ccccc23)n1. The van der Waals surface area contributed by atoms with Gasteiger partial charge in [0.05, 0.1) is 5.56 Å². The topological polar surface area (TPSA) is 101 Å². The van der Waals surface area contributed by atoms with E-state index in [-0.39, 0.29) is 11.5 Å². The summed E-state index contributed by atoms with van der Waals surface area (Å²) in [6.07, 6.45) is 0.711. The average molecular weight is 340 g/mol. The van der Waals surface area contributed by atoms with Crippen LogP contribution in [0.2, 0.25) is 0 Å². The number of benzene rings is 1. The maximum Gasteiger partial charge on any atom is 0.252 e. The van der Waals surface area contributed by atoms with Crippen molar-refractivity contribution in [3.8, 4) is 0 Å². The van der Waals surface area contributed by atoms with Crippen molar-refractivity contribution in [3.63, 3.8) is 0 Å². The van der Waals surface area contributed by atoms with Gasteiger partial charge in [0.1, 0.15) is 6.04 Å². The van der Waals surface area contributed by atoms with Crippen molar-refractivity contribution >= 4 is 16.8 Å². The molecule has 0 saturated heterocycles. The predicted octanol–water partition coefficient (Wildman–Crippen LogP) is 2.60. The number of nitrogens with zero attached hydrogens (tertiary/aromatic N) is 2. The number of amides is 1. The lowest BCUT2D eigenvalue weighted by atomic mass is 10.1. The molecule has 1 atom stereocenters. The third-order valence-corrected chi connectivity index (χ3v) is 3.79. The van der Waals surface area contributed by atoms with Gasteiger partial charge in [-0.3, -0.25) is 9.59 Å². The third-order valence-electron chi connectivity index (χ3n) is 3.79. The van der Waals surface area contributed by atoms with Gasteiger partial charge in [0.15, 0.2) is 5.82 Å². The first-order valence-corrected chi connectivity index (χ1v) is 8.19. The van der Waals surface area contributed by atoms with Crippen LogP contribution in [0.4, 0.5) is 0 Å². The van der Waals surface area contributed by atoms with Gasteiger partial charge in [-0.05, 0) is 18.9 Å². The molecule has 0 fully saturated rings. The number of para-hydroxylation sites is 1. The lowest BCUT2D eigenvalue weighted by molar-refractivity contribution is 0.0934. The number of hydrogen-bond acceptors (Lipinski definition) is 5. The zero-order valence-electron chi connectivity index (χ0n) is 14.4. The van der Waals surface area contributed by atoms with Crippen LogP contribution in [0.5, 0.6) is 0 Å². The summed E-state index contributed by atoms with van der Waals surface area (Å²) in [6.45, 7) is 5.90. The zero-order valence-corrected chi connectivity index (χ0v) is 14.4. The second-order valence-electron chi connectivity index (χ2n) is 6.43. The number of pyridine rings is 1. The highest BCUT2D eigenvalue weighted by Crippen LogP contribution is 2.17. The lowest BCUT2D eigenvalue weighted by Crippen LogP contribution is -2.28. The van der Waals surface area contributed by atoms with Gasteiger partial charge in [0, 0.05) is 23.4 Å². The number of fused-ring (bicyclic) bond motifs is 1. The first kappa shape index (κ1) is 16.9. The maximum absolute atomic E-state index is 12.6. The standard InChI is InChI=1S/C18H20N4O3/c1-10(2)8-15-21-18(25-22-15)11(3)19-17(24)13-9-16(23)20-14-7-5-4-6-12(13)14/h4-7,9-11H,8H2,1-3H3,(H,19,24)(H,20,23). The molecule has 25 heavy (non-hydrogen) atoms. The number of carbonyl (C=O) groups excluding carboxylic acids is 1. The number of nitrogens with one attached hydrogen (secondary N) is 2. The van der Waals surface area contributed by atoms with Crippen LogP contribution in [0.1, 0.15) is 48.9 Å². The van der Waals surface area contributed by atoms with E-state index in [1.54, 1.807) is 25.1 Å². The molecule has 0 aliphatic carbocycles. The van der Waals surface area contributed by atoms with E-state index in [2.05, 4.69) is 34.3 Å². The predicted molar refractivity (Wildman–Crippen MR) is 93.3 cm³/mol. The van der Waals surface area contributed by atoms with Crippen LogP contribution in [0.15, 0.2) is 39.6 Å². The summed E-state index contributed by atoms with van der Waals surface area (Å²) in [4.78, 5) is 31.5. The molecule has 1 unspecified atom stereocenters. The molecule has 7 heteroatoms. The minimum absolute atomic E-state index is 0.313. The fraction of sp³-hybridized carbons (Fsp3) is 0.333. The van der Waals surface area contributed by atoms with E-state index in [1.807, 2.05) is 6.07 Å². The number of rotatable bonds is 5. The number of aromatic amines is 1. The van der Waals surface area contributed by atoms with Crippen LogP contribution in [0, 0.1) is 5.92 Å². The number of H-pyrrole nitrogens is 1. The second kappa shape index (κ2) is 6.88. The van der Waals surface area contributed by atoms with Crippen molar-refractivity contribution in [2.75, 3.05) is 0 Å². The molecule has 0 aliphatic heterocycles. The van der Waals surface area contributed by atoms with Gasteiger partial charge in [-0.2, -0.15) is 4.98 Å². The van der Waals surface area contributed by atoms with Gasteiger partial charge in [-0.25, -0.2) is 0 Å². The Bertz CT molecular complexity index is 958. The van der Waals surface area contributed by atoms with E-state index in [4.69, 9.17) is 4.52 Å². The number of aromatic nitrogens is 3. The highest BCUT2D eigenvalue weighted by atomic mass is 16.5. The van der Waals surface area contributed by atoms with Crippen LogP contribution in [0.25, 0.3) is 10.9 Å². The smallest absolute Gasteiger partial charge is 0.252 e. The van der Waals surface area contributed by atoms with E-state index >= 15 is 0 Å². The van der Waals surface area contributed by atoms with Crippen molar-refractivity contribution in [2.45, 2.75) is 33.2 Å². The van der Waals surface area contributed by atoms with Crippen LogP contribution < -0.4 is 10.9 Å². The highest BCUT2D eigenvalue weighted by molar-refractivity contribution is 6.06. The van der Waals surface area contributed by atoms with E-state index in [1.165, 1.54) is 6.07 Å². The first-order valence-electron chi connectivity index (χ1n) is 8.19. The van der Waals surface area contributed by atoms with Crippen LogP contribution in [-0.4, -0.2) is 21.0 Å². The van der Waals surface area contributed by atoms with Crippen molar-refractivity contribution in [2.24, 2.45) is 5.92 Å². The van der Waals surface area contributed by atoms with E-state index in [0.29, 0.717) is 40.5 Å². The molecular weight excluding hydrogens is 320 g/mol. The summed E-state index contributed by atoms with van der Waals surface area (Å²) < 4.78 is 5.23. The maximum atomic E-state index is 12.6. The summed E-state index contributed by atoms with van der Waals surface area (Å²) in [5.41, 5.74) is 0.603. The average Bonchev–Trinajstić information content (AvgIpc) is 3.01. The Morgan fingerprint density at radius 2 is 2.04 bits per heavy atom. The molecular formula is C18H20N4O3. The summed E-state index contributed by atoms with van der Waals surface area (Å²) in [6, 6.07) is 8.00. The van der Waals surface area contributed by atoms with Gasteiger partial charge in [0.25, 0.3) is 5.91 Å². The molecule has 2 heterocycles. The monoisotopic (exact) mass is 340 g/mol. The van der Waals surface area contributed by atoms with Crippen molar-refractivity contribution in [3.05, 3.63) is 58.0 Å². The summed E-state index contributed by atoms with van der Waals surface area (Å²) in [7, 11) is 0. The molecule has 130 valence electrons. The summed E-state index contributed by atoms with van der Waals surface area (Å²) >= 11 is 0. The first-order chi connectivity index (χ1) is 11.9. The minimum Gasteiger partial charge on any atom is -0.340 e. The van der Waals surface area contributed by atoms with Crippen molar-refractivity contribution in [1.82, 2.24) is 20.4 Å². The number of hydrogen-bond donors (Lipinski definition) is 2. The molecule has 7 nitrogen and oxygen atoms in total. The van der Waals surface area contributed by atoms with Crippen LogP contribution >= 0.6 is 0 Å². The molecule has 0 aliphatic rings. The Morgan fingerprint density at radius 3 is 2.80 bits per heavy atom. The summed E-state index contributed by atoms with van der Waals surface area (Å²) in [5.74, 6) is 1.02. The third kappa shape index (κ3) is 3.76. The Labute approximate surface area is 144 Å². The lowest BCUT2D eigenvalue weighted by Gasteiger charge is -2.11. The van der Waals surface area contributed by atoms with Gasteiger partial charge in [-0.1, -0.05) is 37.2 Å². The Hall–Kier alpha value is -2.96. The van der Waals surface area contributed by atoms with E-state index in [9.17, 15) is 9.59 Å². The normalized spacial score (nSPS) is 12.5. The van der Waals surface area contributed by atoms with Crippen molar-refractivity contribution < 1.29 is 9.32 Å². The van der Waals surface area contributed by atoms with Crippen molar-refractivity contribution in [1.29, 1.82) is 0 Å². The highest BCUT2D eigenvalue weighted by Gasteiger charge is 2.19. The molecule has 3 rings (SSSR count). The van der Waals surface area contributed by atoms with Gasteiger partial charge in [0.2, 0.25) is 11.4 Å². The fourth-order valence-corrected chi connectivity index (χ4v) is 2.62. The number of carbonyl (C=O) groups is 1. The Balaban J connectivity index is 1.82. The van der Waals surface area contributed by atoms with E-state index < -0.39 is 6.04 Å². The van der Waals surface area contributed by atoms with E-state index in [0.717, 1.165) is 0 Å². The quantitative estimate of drug-likeness (QED) is 0.743. The molecule has 3 aromatic rings. The van der Waals surface area contributed by atoms with Gasteiger partial charge < -0.3 is 14.8 Å². The van der Waals surface area contributed by atoms with Crippen LogP contribution in [0.3, 0.4) is 0 Å². The molecule has 0 radical (unpaired) electrons. The van der Waals surface area contributed by atoms with Gasteiger partial charge >= 0.3 is 0 Å². The summed E-state index contributed by atoms with van der Waals surface area (Å²) in [5, 5.41) is 7.42. The Kier molecular flexibility index (Phi) is 4.65. The molecule has 2 N–H and O–H groups in total. The minimum atomic E-state index is -0.459. The molecule has 1 amide bonds. The fourth-order valence-electron chi connectivity index (χ4n) is 2.62. The van der Waals surface area contributed by atoms with Crippen LogP contribution in [-0.2, 0) is 6.42 Å². The molecule has 2 aromatic heterocycles. The van der Waals surface area contributed by atoms with Gasteiger partial charge in [-0.15, -0.1) is 0 Å².